The fourth-order valence-electron chi connectivity index (χ4n) is 1.37. The maximum atomic E-state index is 13.1. The summed E-state index contributed by atoms with van der Waals surface area (Å²) in [5.74, 6) is -2.02. The van der Waals surface area contributed by atoms with Crippen molar-refractivity contribution in [1.82, 2.24) is 0 Å². The molecule has 1 nitrogen and oxygen atoms in total. The average Bonchev–Trinajstić information content (AvgIpc) is 2.27. The second-order valence-corrected chi connectivity index (χ2v) is 3.41. The van der Waals surface area contributed by atoms with Gasteiger partial charge in [-0.1, -0.05) is 12.1 Å². The highest BCUT2D eigenvalue weighted by Crippen LogP contribution is 2.17. The molecule has 0 N–H and O–H groups in total. The third-order valence-electron chi connectivity index (χ3n) is 2.09. The van der Waals surface area contributed by atoms with E-state index in [1.54, 1.807) is 6.07 Å². The fraction of sp³-hybridized carbons (Fsp3) is 0.0769. The molecule has 87 valence electrons. The van der Waals surface area contributed by atoms with Crippen LogP contribution in [0.3, 0.4) is 0 Å². The second kappa shape index (κ2) is 4.91. The summed E-state index contributed by atoms with van der Waals surface area (Å²) in [6.07, 6.45) is 0. The molecule has 2 aromatic rings. The molecule has 0 amide bonds. The van der Waals surface area contributed by atoms with E-state index >= 15 is 0 Å². The summed E-state index contributed by atoms with van der Waals surface area (Å²) < 4.78 is 43.9. The van der Waals surface area contributed by atoms with E-state index < -0.39 is 17.5 Å². The monoisotopic (exact) mass is 237 g/mol. The summed E-state index contributed by atoms with van der Waals surface area (Å²) >= 11 is 0. The Balaban J connectivity index is 2.10. The number of hydrogen-bond donors (Lipinski definition) is 0. The fourth-order valence-corrected chi connectivity index (χ4v) is 1.37. The lowest BCUT2D eigenvalue weighted by Gasteiger charge is -2.07. The molecule has 0 aliphatic carbocycles. The average molecular weight is 237 g/mol. The zero-order valence-electron chi connectivity index (χ0n) is 8.71. The maximum absolute atomic E-state index is 13.1. The smallest absolute Gasteiger partial charge is 0.172 e. The number of benzene rings is 2. The number of hydrogen-bond acceptors (Lipinski definition) is 1. The molecule has 0 heterocycles. The van der Waals surface area contributed by atoms with Gasteiger partial charge in [-0.25, -0.2) is 13.2 Å². The quantitative estimate of drug-likeness (QED) is 0.794. The molecule has 0 atom stereocenters. The molecule has 17 heavy (non-hydrogen) atoms. The first kappa shape index (κ1) is 11.5. The van der Waals surface area contributed by atoms with Crippen molar-refractivity contribution in [1.29, 1.82) is 0 Å². The zero-order valence-corrected chi connectivity index (χ0v) is 8.71. The van der Waals surface area contributed by atoms with Crippen LogP contribution >= 0.6 is 0 Å². The van der Waals surface area contributed by atoms with E-state index in [9.17, 15) is 13.2 Å². The minimum absolute atomic E-state index is 0.00262. The number of halogens is 3. The largest absolute Gasteiger partial charge is 0.486 e. The molecular formula is C13H8F3O. The predicted octanol–water partition coefficient (Wildman–Crippen LogP) is 3.48. The van der Waals surface area contributed by atoms with Crippen molar-refractivity contribution in [2.24, 2.45) is 0 Å². The summed E-state index contributed by atoms with van der Waals surface area (Å²) in [6, 6.07) is 9.73. The molecular weight excluding hydrogens is 229 g/mol. The third kappa shape index (κ3) is 3.00. The van der Waals surface area contributed by atoms with Crippen molar-refractivity contribution >= 4 is 0 Å². The summed E-state index contributed by atoms with van der Waals surface area (Å²) in [5.41, 5.74) is 0.297. The van der Waals surface area contributed by atoms with Crippen LogP contribution < -0.4 is 4.74 Å². The number of rotatable bonds is 3. The summed E-state index contributed by atoms with van der Waals surface area (Å²) in [7, 11) is 0. The van der Waals surface area contributed by atoms with Gasteiger partial charge in [0, 0.05) is 12.1 Å². The highest BCUT2D eigenvalue weighted by atomic mass is 19.1. The number of ether oxygens (including phenoxy) is 1. The molecule has 0 unspecified atom stereocenters. The second-order valence-electron chi connectivity index (χ2n) is 3.41. The van der Waals surface area contributed by atoms with Crippen molar-refractivity contribution < 1.29 is 17.9 Å². The summed E-state index contributed by atoms with van der Waals surface area (Å²) in [6.45, 7) is -0.108. The van der Waals surface area contributed by atoms with Gasteiger partial charge in [0.1, 0.15) is 18.2 Å². The Hall–Kier alpha value is -1.97. The van der Waals surface area contributed by atoms with E-state index in [2.05, 4.69) is 6.07 Å². The first-order valence-corrected chi connectivity index (χ1v) is 4.89. The lowest BCUT2D eigenvalue weighted by molar-refractivity contribution is 0.289. The Bertz CT molecular complexity index is 506. The van der Waals surface area contributed by atoms with Crippen LogP contribution in [-0.2, 0) is 6.61 Å². The van der Waals surface area contributed by atoms with Crippen LogP contribution in [0.15, 0.2) is 36.4 Å². The normalized spacial score (nSPS) is 10.3. The summed E-state index contributed by atoms with van der Waals surface area (Å²) in [4.78, 5) is 0. The maximum Gasteiger partial charge on any atom is 0.172 e. The molecule has 2 rings (SSSR count). The molecule has 0 spiro atoms. The van der Waals surface area contributed by atoms with E-state index in [1.807, 2.05) is 0 Å². The molecule has 0 saturated heterocycles. The van der Waals surface area contributed by atoms with E-state index in [4.69, 9.17) is 4.74 Å². The van der Waals surface area contributed by atoms with Gasteiger partial charge in [0.05, 0.1) is 0 Å². The van der Waals surface area contributed by atoms with Crippen molar-refractivity contribution in [3.05, 3.63) is 65.5 Å². The van der Waals surface area contributed by atoms with Gasteiger partial charge in [-0.3, -0.25) is 0 Å². The van der Waals surface area contributed by atoms with Crippen molar-refractivity contribution in [3.63, 3.8) is 0 Å². The van der Waals surface area contributed by atoms with E-state index in [0.29, 0.717) is 5.56 Å². The standard InChI is InChI=1S/C13H8F3O/c14-10-5-9(6-11(15)7-10)8-17-13-4-2-1-3-12(13)16/h1-2,4-7H,8H2. The molecule has 0 aliphatic rings. The van der Waals surface area contributed by atoms with Crippen LogP contribution in [0.25, 0.3) is 0 Å². The Morgan fingerprint density at radius 1 is 1.06 bits per heavy atom. The van der Waals surface area contributed by atoms with Crippen molar-refractivity contribution in [2.75, 3.05) is 0 Å². The van der Waals surface area contributed by atoms with Crippen LogP contribution in [0.5, 0.6) is 5.75 Å². The van der Waals surface area contributed by atoms with Gasteiger partial charge in [0.2, 0.25) is 0 Å². The van der Waals surface area contributed by atoms with Gasteiger partial charge >= 0.3 is 0 Å². The van der Waals surface area contributed by atoms with Crippen molar-refractivity contribution in [3.8, 4) is 5.75 Å². The Kier molecular flexibility index (Phi) is 3.32. The molecule has 0 aromatic heterocycles. The minimum Gasteiger partial charge on any atom is -0.486 e. The molecule has 2 aromatic carbocycles. The van der Waals surface area contributed by atoms with Crippen LogP contribution in [0.2, 0.25) is 0 Å². The lowest BCUT2D eigenvalue weighted by atomic mass is 10.2. The van der Waals surface area contributed by atoms with Crippen LogP contribution in [-0.4, -0.2) is 0 Å². The van der Waals surface area contributed by atoms with Crippen LogP contribution in [0.4, 0.5) is 13.2 Å². The molecule has 0 aliphatic heterocycles. The predicted molar refractivity (Wildman–Crippen MR) is 55.9 cm³/mol. The Morgan fingerprint density at radius 2 is 1.76 bits per heavy atom. The first-order chi connectivity index (χ1) is 8.15. The minimum atomic E-state index is -0.691. The lowest BCUT2D eigenvalue weighted by Crippen LogP contribution is -1.98. The zero-order chi connectivity index (χ0) is 12.3. The van der Waals surface area contributed by atoms with Gasteiger partial charge in [0.25, 0.3) is 0 Å². The molecule has 0 fully saturated rings. The van der Waals surface area contributed by atoms with Crippen LogP contribution in [0.1, 0.15) is 5.56 Å². The SMILES string of the molecule is Fc1cc(F)cc(COc2ccc[c]c2F)c1. The molecule has 4 heteroatoms. The molecule has 1 radical (unpaired) electrons. The van der Waals surface area contributed by atoms with Gasteiger partial charge in [-0.15, -0.1) is 0 Å². The van der Waals surface area contributed by atoms with Gasteiger partial charge in [0.15, 0.2) is 11.6 Å². The van der Waals surface area contributed by atoms with Crippen molar-refractivity contribution in [2.45, 2.75) is 6.61 Å². The Morgan fingerprint density at radius 3 is 2.41 bits per heavy atom. The molecule has 0 saturated carbocycles. The topological polar surface area (TPSA) is 9.23 Å². The van der Waals surface area contributed by atoms with E-state index in [0.717, 1.165) is 18.2 Å². The Labute approximate surface area is 96.5 Å². The van der Waals surface area contributed by atoms with Gasteiger partial charge in [-0.2, -0.15) is 0 Å². The summed E-state index contributed by atoms with van der Waals surface area (Å²) in [5, 5.41) is 0. The van der Waals surface area contributed by atoms with E-state index in [1.165, 1.54) is 12.1 Å². The van der Waals surface area contributed by atoms with E-state index in [-0.39, 0.29) is 12.4 Å². The van der Waals surface area contributed by atoms with Gasteiger partial charge in [-0.05, 0) is 23.8 Å². The third-order valence-corrected chi connectivity index (χ3v) is 2.09. The molecule has 0 bridgehead atoms. The highest BCUT2D eigenvalue weighted by Gasteiger charge is 2.04. The van der Waals surface area contributed by atoms with Gasteiger partial charge < -0.3 is 4.74 Å². The van der Waals surface area contributed by atoms with Crippen LogP contribution in [0, 0.1) is 23.5 Å². The first-order valence-electron chi connectivity index (χ1n) is 4.89. The highest BCUT2D eigenvalue weighted by molar-refractivity contribution is 5.24.